The van der Waals surface area contributed by atoms with Crippen molar-refractivity contribution in [2.24, 2.45) is 0 Å². The van der Waals surface area contributed by atoms with Crippen molar-refractivity contribution in [1.82, 2.24) is 4.90 Å². The van der Waals surface area contributed by atoms with Gasteiger partial charge in [-0.1, -0.05) is 0 Å². The smallest absolute Gasteiger partial charge is 0.423 e. The summed E-state index contributed by atoms with van der Waals surface area (Å²) in [5.74, 6) is -2.33. The van der Waals surface area contributed by atoms with Gasteiger partial charge in [-0.25, -0.2) is 4.79 Å². The van der Waals surface area contributed by atoms with E-state index < -0.39 is 34.8 Å². The number of hydrogen-bond acceptors (Lipinski definition) is 5. The molecule has 0 bridgehead atoms. The molecule has 5 nitrogen and oxygen atoms in total. The molecule has 0 aliphatic carbocycles. The van der Waals surface area contributed by atoms with Gasteiger partial charge in [-0.2, -0.15) is 13.2 Å². The van der Waals surface area contributed by atoms with Crippen molar-refractivity contribution in [1.29, 1.82) is 0 Å². The summed E-state index contributed by atoms with van der Waals surface area (Å²) in [4.78, 5) is 24.8. The fourth-order valence-electron chi connectivity index (χ4n) is 2.59. The Morgan fingerprint density at radius 2 is 1.85 bits per heavy atom. The molecule has 112 valence electrons. The Balaban J connectivity index is 2.51. The van der Waals surface area contributed by atoms with Crippen LogP contribution in [0, 0.1) is 0 Å². The van der Waals surface area contributed by atoms with Gasteiger partial charge in [-0.3, -0.25) is 9.69 Å². The van der Waals surface area contributed by atoms with Crippen molar-refractivity contribution in [2.45, 2.75) is 25.7 Å². The minimum Gasteiger partial charge on any atom is -0.436 e. The van der Waals surface area contributed by atoms with E-state index >= 15 is 0 Å². The average Bonchev–Trinajstić information content (AvgIpc) is 2.63. The average molecular weight is 293 g/mol. The van der Waals surface area contributed by atoms with E-state index in [9.17, 15) is 22.8 Å². The molecule has 0 aromatic rings. The fourth-order valence-corrected chi connectivity index (χ4v) is 2.59. The summed E-state index contributed by atoms with van der Waals surface area (Å²) >= 11 is 0. The summed E-state index contributed by atoms with van der Waals surface area (Å²) in [5.41, 5.74) is -3.81. The molecular formula is C12H14F3NO4. The minimum absolute atomic E-state index is 0.283. The first-order valence-corrected chi connectivity index (χ1v) is 6.07. The lowest BCUT2D eigenvalue weighted by Gasteiger charge is -2.40. The number of hydrogen-bond donors (Lipinski definition) is 0. The molecule has 0 unspecified atom stereocenters. The van der Waals surface area contributed by atoms with Crippen LogP contribution in [0.1, 0.15) is 13.8 Å². The third-order valence-corrected chi connectivity index (χ3v) is 3.46. The van der Waals surface area contributed by atoms with Crippen LogP contribution in [-0.2, 0) is 19.1 Å². The number of carbonyl (C=O) groups excluding carboxylic acids is 2. The third kappa shape index (κ3) is 2.33. The number of morpholine rings is 1. The summed E-state index contributed by atoms with van der Waals surface area (Å²) in [5, 5.41) is 0. The zero-order valence-electron chi connectivity index (χ0n) is 11.0. The Labute approximate surface area is 113 Å². The van der Waals surface area contributed by atoms with E-state index in [1.807, 2.05) is 0 Å². The number of esters is 1. The molecule has 0 radical (unpaired) electrons. The summed E-state index contributed by atoms with van der Waals surface area (Å²) in [6, 6.07) is 0. The van der Waals surface area contributed by atoms with Crippen LogP contribution >= 0.6 is 0 Å². The van der Waals surface area contributed by atoms with E-state index in [1.54, 1.807) is 0 Å². The molecule has 0 saturated carbocycles. The second-order valence-electron chi connectivity index (χ2n) is 4.78. The van der Waals surface area contributed by atoms with Gasteiger partial charge in [-0.15, -0.1) is 0 Å². The van der Waals surface area contributed by atoms with Crippen LogP contribution < -0.4 is 0 Å². The van der Waals surface area contributed by atoms with Gasteiger partial charge in [0.05, 0.1) is 18.8 Å². The summed E-state index contributed by atoms with van der Waals surface area (Å²) in [6.07, 6.45) is -4.91. The van der Waals surface area contributed by atoms with Gasteiger partial charge in [-0.05, 0) is 13.8 Å². The zero-order chi connectivity index (χ0) is 15.1. The van der Waals surface area contributed by atoms with E-state index in [1.165, 1.54) is 11.8 Å². The number of halogens is 3. The topological polar surface area (TPSA) is 55.8 Å². The minimum atomic E-state index is -4.91. The molecule has 2 aliphatic heterocycles. The lowest BCUT2D eigenvalue weighted by molar-refractivity contribution is -0.172. The highest BCUT2D eigenvalue weighted by molar-refractivity contribution is 6.08. The molecule has 1 atom stereocenters. The number of Topliss-reactive ketones (excluding diaryl/α,β-unsaturated/α-hetero) is 1. The van der Waals surface area contributed by atoms with Gasteiger partial charge in [0.2, 0.25) is 0 Å². The lowest BCUT2D eigenvalue weighted by Crippen LogP contribution is -2.54. The van der Waals surface area contributed by atoms with Crippen molar-refractivity contribution in [3.63, 3.8) is 0 Å². The molecule has 1 fully saturated rings. The number of nitrogens with zero attached hydrogens (tertiary/aromatic N) is 1. The van der Waals surface area contributed by atoms with E-state index in [4.69, 9.17) is 9.47 Å². The van der Waals surface area contributed by atoms with Crippen LogP contribution in [0.4, 0.5) is 13.2 Å². The summed E-state index contributed by atoms with van der Waals surface area (Å²) in [6.45, 7) is 3.49. The maximum Gasteiger partial charge on any atom is 0.423 e. The van der Waals surface area contributed by atoms with Crippen molar-refractivity contribution < 1.29 is 32.2 Å². The Kier molecular flexibility index (Phi) is 3.64. The Bertz CT molecular complexity index is 480. The number of ketones is 1. The molecule has 2 rings (SSSR count). The number of ether oxygens (including phenoxy) is 2. The largest absolute Gasteiger partial charge is 0.436 e. The van der Waals surface area contributed by atoms with Crippen molar-refractivity contribution in [3.8, 4) is 0 Å². The molecule has 8 heteroatoms. The van der Waals surface area contributed by atoms with Gasteiger partial charge < -0.3 is 9.47 Å². The molecule has 2 heterocycles. The van der Waals surface area contributed by atoms with Gasteiger partial charge in [0.25, 0.3) is 0 Å². The van der Waals surface area contributed by atoms with E-state index in [0.29, 0.717) is 13.2 Å². The molecule has 0 amide bonds. The molecule has 1 saturated heterocycles. The second-order valence-corrected chi connectivity index (χ2v) is 4.78. The maximum atomic E-state index is 13.0. The SMILES string of the molecule is CC(=O)C1=C(C(F)(F)F)C(=O)O[C@@]1(C)N1CCOCC1. The first-order valence-electron chi connectivity index (χ1n) is 6.07. The number of rotatable bonds is 2. The predicted molar refractivity (Wildman–Crippen MR) is 60.7 cm³/mol. The highest BCUT2D eigenvalue weighted by Crippen LogP contribution is 2.43. The molecule has 0 aromatic carbocycles. The summed E-state index contributed by atoms with van der Waals surface area (Å²) in [7, 11) is 0. The third-order valence-electron chi connectivity index (χ3n) is 3.46. The quantitative estimate of drug-likeness (QED) is 0.712. The van der Waals surface area contributed by atoms with Crippen LogP contribution in [0.2, 0.25) is 0 Å². The normalized spacial score (nSPS) is 28.8. The van der Waals surface area contributed by atoms with Crippen molar-refractivity contribution >= 4 is 11.8 Å². The van der Waals surface area contributed by atoms with Crippen molar-refractivity contribution in [2.75, 3.05) is 26.3 Å². The molecule has 0 aromatic heterocycles. The van der Waals surface area contributed by atoms with Crippen LogP contribution in [0.5, 0.6) is 0 Å². The van der Waals surface area contributed by atoms with Gasteiger partial charge in [0.15, 0.2) is 17.1 Å². The first kappa shape index (κ1) is 15.0. The number of cyclic esters (lactones) is 1. The molecule has 20 heavy (non-hydrogen) atoms. The highest BCUT2D eigenvalue weighted by atomic mass is 19.4. The second kappa shape index (κ2) is 4.85. The van der Waals surface area contributed by atoms with Crippen LogP contribution in [-0.4, -0.2) is 54.9 Å². The Morgan fingerprint density at radius 3 is 2.30 bits per heavy atom. The van der Waals surface area contributed by atoms with E-state index in [0.717, 1.165) is 6.92 Å². The molecule has 0 N–H and O–H groups in total. The van der Waals surface area contributed by atoms with Crippen LogP contribution in [0.25, 0.3) is 0 Å². The maximum absolute atomic E-state index is 13.0. The van der Waals surface area contributed by atoms with Crippen molar-refractivity contribution in [3.05, 3.63) is 11.1 Å². The molecule has 0 spiro atoms. The molecular weight excluding hydrogens is 279 g/mol. The number of carbonyl (C=O) groups is 2. The lowest BCUT2D eigenvalue weighted by atomic mass is 9.95. The zero-order valence-corrected chi connectivity index (χ0v) is 11.0. The first-order chi connectivity index (χ1) is 9.18. The monoisotopic (exact) mass is 293 g/mol. The Morgan fingerprint density at radius 1 is 1.30 bits per heavy atom. The summed E-state index contributed by atoms with van der Waals surface area (Å²) < 4.78 is 49.0. The van der Waals surface area contributed by atoms with Gasteiger partial charge in [0, 0.05) is 13.1 Å². The fraction of sp³-hybridized carbons (Fsp3) is 0.667. The predicted octanol–water partition coefficient (Wildman–Crippen LogP) is 1.04. The van der Waals surface area contributed by atoms with Crippen LogP contribution in [0.3, 0.4) is 0 Å². The van der Waals surface area contributed by atoms with Crippen LogP contribution in [0.15, 0.2) is 11.1 Å². The van der Waals surface area contributed by atoms with Gasteiger partial charge >= 0.3 is 12.1 Å². The molecule has 2 aliphatic rings. The van der Waals surface area contributed by atoms with E-state index in [2.05, 4.69) is 0 Å². The number of alkyl halides is 3. The van der Waals surface area contributed by atoms with Gasteiger partial charge in [0.1, 0.15) is 0 Å². The van der Waals surface area contributed by atoms with E-state index in [-0.39, 0.29) is 13.1 Å². The standard InChI is InChI=1S/C12H14F3NO4/c1-7(17)8-9(12(13,14)15)10(18)20-11(8,2)16-3-5-19-6-4-16/h3-6H2,1-2H3/t11-/m1/s1. The highest BCUT2D eigenvalue weighted by Gasteiger charge is 2.57. The Hall–Kier alpha value is -1.41.